The summed E-state index contributed by atoms with van der Waals surface area (Å²) in [5, 5.41) is 0. The number of morpholine rings is 1. The highest BCUT2D eigenvalue weighted by atomic mass is 19.1. The van der Waals surface area contributed by atoms with E-state index in [-0.39, 0.29) is 17.5 Å². The van der Waals surface area contributed by atoms with Crippen LogP contribution in [0.2, 0.25) is 0 Å². The topological polar surface area (TPSA) is 12.5 Å². The first-order valence-corrected chi connectivity index (χ1v) is 6.34. The molecule has 0 aliphatic carbocycles. The van der Waals surface area contributed by atoms with Gasteiger partial charge in [-0.2, -0.15) is 0 Å². The van der Waals surface area contributed by atoms with Crippen molar-refractivity contribution in [3.05, 3.63) is 29.3 Å². The smallest absolute Gasteiger partial charge is 0.131 e. The first-order valence-electron chi connectivity index (χ1n) is 6.34. The Labute approximate surface area is 107 Å². The number of halogens is 2. The average Bonchev–Trinajstić information content (AvgIpc) is 2.27. The van der Waals surface area contributed by atoms with Crippen LogP contribution in [-0.4, -0.2) is 25.8 Å². The number of hydrogen-bond donors (Lipinski definition) is 0. The van der Waals surface area contributed by atoms with Crippen LogP contribution in [0.25, 0.3) is 0 Å². The molecule has 4 heteroatoms. The lowest BCUT2D eigenvalue weighted by atomic mass is 10.0. The van der Waals surface area contributed by atoms with Gasteiger partial charge in [-0.05, 0) is 25.0 Å². The van der Waals surface area contributed by atoms with Crippen LogP contribution in [-0.2, 0) is 4.74 Å². The highest BCUT2D eigenvalue weighted by Crippen LogP contribution is 2.28. The third kappa shape index (κ3) is 2.48. The molecule has 0 spiro atoms. The molecule has 0 aromatic heterocycles. The molecular weight excluding hydrogens is 236 g/mol. The van der Waals surface area contributed by atoms with E-state index >= 15 is 0 Å². The molecule has 1 aromatic carbocycles. The van der Waals surface area contributed by atoms with Crippen LogP contribution in [0.3, 0.4) is 0 Å². The summed E-state index contributed by atoms with van der Waals surface area (Å²) in [5.41, 5.74) is 0.768. The van der Waals surface area contributed by atoms with E-state index in [1.807, 2.05) is 11.8 Å². The van der Waals surface area contributed by atoms with Crippen LogP contribution in [0.1, 0.15) is 32.3 Å². The van der Waals surface area contributed by atoms with Gasteiger partial charge in [-0.25, -0.2) is 8.78 Å². The van der Waals surface area contributed by atoms with Crippen molar-refractivity contribution in [1.29, 1.82) is 0 Å². The van der Waals surface area contributed by atoms with Gasteiger partial charge in [0, 0.05) is 23.8 Å². The lowest BCUT2D eigenvalue weighted by Gasteiger charge is -2.35. The van der Waals surface area contributed by atoms with E-state index in [1.165, 1.54) is 12.1 Å². The van der Waals surface area contributed by atoms with Gasteiger partial charge >= 0.3 is 0 Å². The number of rotatable bonds is 2. The second kappa shape index (κ2) is 5.22. The van der Waals surface area contributed by atoms with E-state index in [2.05, 4.69) is 0 Å². The van der Waals surface area contributed by atoms with Crippen LogP contribution in [0.15, 0.2) is 12.1 Å². The van der Waals surface area contributed by atoms with Gasteiger partial charge in [-0.15, -0.1) is 0 Å². The van der Waals surface area contributed by atoms with Crippen LogP contribution >= 0.6 is 0 Å². The first kappa shape index (κ1) is 13.3. The molecule has 0 radical (unpaired) electrons. The number of anilines is 1. The maximum absolute atomic E-state index is 13.9. The quantitative estimate of drug-likeness (QED) is 0.804. The second-order valence-corrected chi connectivity index (χ2v) is 5.10. The molecule has 100 valence electrons. The molecular formula is C14H19F2NO. The summed E-state index contributed by atoms with van der Waals surface area (Å²) >= 11 is 0. The summed E-state index contributed by atoms with van der Waals surface area (Å²) in [7, 11) is 0. The van der Waals surface area contributed by atoms with E-state index in [0.717, 1.165) is 0 Å². The minimum Gasteiger partial charge on any atom is -0.377 e. The highest BCUT2D eigenvalue weighted by Gasteiger charge is 2.22. The third-order valence-corrected chi connectivity index (χ3v) is 3.34. The van der Waals surface area contributed by atoms with Crippen LogP contribution < -0.4 is 4.90 Å². The molecule has 0 saturated carbocycles. The SMILES string of the molecule is CC(C)c1c(F)cc(N2CCOCC2C)cc1F. The fourth-order valence-electron chi connectivity index (χ4n) is 2.40. The number of ether oxygens (including phenoxy) is 1. The van der Waals surface area contributed by atoms with Crippen molar-refractivity contribution >= 4 is 5.69 Å². The Morgan fingerprint density at radius 2 is 1.89 bits per heavy atom. The standard InChI is InChI=1S/C14H19F2NO/c1-9(2)14-12(15)6-11(7-13(14)16)17-4-5-18-8-10(17)3/h6-7,9-10H,4-5,8H2,1-3H3. The monoisotopic (exact) mass is 255 g/mol. The third-order valence-electron chi connectivity index (χ3n) is 3.34. The number of nitrogens with zero attached hydrogens (tertiary/aromatic N) is 1. The van der Waals surface area contributed by atoms with Crippen molar-refractivity contribution in [3.63, 3.8) is 0 Å². The Morgan fingerprint density at radius 3 is 2.39 bits per heavy atom. The maximum Gasteiger partial charge on any atom is 0.131 e. The van der Waals surface area contributed by atoms with E-state index in [9.17, 15) is 8.78 Å². The summed E-state index contributed by atoms with van der Waals surface area (Å²) in [6.45, 7) is 7.43. The molecule has 2 rings (SSSR count). The predicted molar refractivity (Wildman–Crippen MR) is 68.1 cm³/mol. The molecule has 0 N–H and O–H groups in total. The molecule has 0 amide bonds. The van der Waals surface area contributed by atoms with Gasteiger partial charge in [0.1, 0.15) is 11.6 Å². The van der Waals surface area contributed by atoms with E-state index < -0.39 is 11.6 Å². The van der Waals surface area contributed by atoms with Gasteiger partial charge in [0.2, 0.25) is 0 Å². The van der Waals surface area contributed by atoms with Crippen molar-refractivity contribution in [2.45, 2.75) is 32.7 Å². The van der Waals surface area contributed by atoms with Crippen molar-refractivity contribution < 1.29 is 13.5 Å². The molecule has 1 saturated heterocycles. The molecule has 1 atom stereocenters. The Hall–Kier alpha value is -1.16. The van der Waals surface area contributed by atoms with Crippen LogP contribution in [0.4, 0.5) is 14.5 Å². The largest absolute Gasteiger partial charge is 0.377 e. The summed E-state index contributed by atoms with van der Waals surface area (Å²) in [6.07, 6.45) is 0. The zero-order valence-corrected chi connectivity index (χ0v) is 11.0. The van der Waals surface area contributed by atoms with E-state index in [0.29, 0.717) is 25.4 Å². The zero-order valence-electron chi connectivity index (χ0n) is 11.0. The van der Waals surface area contributed by atoms with Gasteiger partial charge in [0.05, 0.1) is 13.2 Å². The number of hydrogen-bond acceptors (Lipinski definition) is 2. The van der Waals surface area contributed by atoms with Crippen molar-refractivity contribution in [3.8, 4) is 0 Å². The average molecular weight is 255 g/mol. The lowest BCUT2D eigenvalue weighted by Crippen LogP contribution is -2.43. The van der Waals surface area contributed by atoms with Gasteiger partial charge in [-0.1, -0.05) is 13.8 Å². The molecule has 1 aliphatic heterocycles. The predicted octanol–water partition coefficient (Wildman–Crippen LogP) is 3.31. The summed E-state index contributed by atoms with van der Waals surface area (Å²) in [6, 6.07) is 3.00. The summed E-state index contributed by atoms with van der Waals surface area (Å²) in [4.78, 5) is 1.99. The van der Waals surface area contributed by atoms with Crippen molar-refractivity contribution in [2.24, 2.45) is 0 Å². The second-order valence-electron chi connectivity index (χ2n) is 5.10. The molecule has 1 fully saturated rings. The molecule has 1 heterocycles. The van der Waals surface area contributed by atoms with Gasteiger partial charge in [0.15, 0.2) is 0 Å². The molecule has 0 bridgehead atoms. The molecule has 1 unspecified atom stereocenters. The van der Waals surface area contributed by atoms with Gasteiger partial charge in [-0.3, -0.25) is 0 Å². The molecule has 18 heavy (non-hydrogen) atoms. The Kier molecular flexibility index (Phi) is 3.85. The minimum atomic E-state index is -0.460. The normalized spacial score (nSPS) is 20.6. The van der Waals surface area contributed by atoms with Crippen LogP contribution in [0.5, 0.6) is 0 Å². The van der Waals surface area contributed by atoms with Crippen molar-refractivity contribution in [1.82, 2.24) is 0 Å². The Balaban J connectivity index is 2.35. The zero-order chi connectivity index (χ0) is 13.3. The highest BCUT2D eigenvalue weighted by molar-refractivity contribution is 5.50. The Morgan fingerprint density at radius 1 is 1.28 bits per heavy atom. The lowest BCUT2D eigenvalue weighted by molar-refractivity contribution is 0.0989. The maximum atomic E-state index is 13.9. The fraction of sp³-hybridized carbons (Fsp3) is 0.571. The molecule has 1 aliphatic rings. The molecule has 2 nitrogen and oxygen atoms in total. The summed E-state index contributed by atoms with van der Waals surface area (Å²) in [5.74, 6) is -1.07. The Bertz CT molecular complexity index is 411. The minimum absolute atomic E-state index is 0.141. The first-order chi connectivity index (χ1) is 8.50. The van der Waals surface area contributed by atoms with Crippen molar-refractivity contribution in [2.75, 3.05) is 24.7 Å². The fourth-order valence-corrected chi connectivity index (χ4v) is 2.40. The van der Waals surface area contributed by atoms with E-state index in [4.69, 9.17) is 4.74 Å². The van der Waals surface area contributed by atoms with Gasteiger partial charge in [0.25, 0.3) is 0 Å². The number of benzene rings is 1. The van der Waals surface area contributed by atoms with Crippen LogP contribution in [0, 0.1) is 11.6 Å². The summed E-state index contributed by atoms with van der Waals surface area (Å²) < 4.78 is 33.2. The van der Waals surface area contributed by atoms with E-state index in [1.54, 1.807) is 13.8 Å². The van der Waals surface area contributed by atoms with Gasteiger partial charge < -0.3 is 9.64 Å². The molecule has 1 aromatic rings.